The molecule has 0 aromatic heterocycles. The van der Waals surface area contributed by atoms with Gasteiger partial charge < -0.3 is 10.6 Å². The largest absolute Gasteiger partial charge is 0.335 e. The summed E-state index contributed by atoms with van der Waals surface area (Å²) in [6.45, 7) is 4.67. The van der Waals surface area contributed by atoms with E-state index in [-0.39, 0.29) is 17.0 Å². The summed E-state index contributed by atoms with van der Waals surface area (Å²) in [6, 6.07) is 5.84. The molecule has 0 radical (unpaired) electrons. The van der Waals surface area contributed by atoms with Gasteiger partial charge in [0, 0.05) is 30.7 Å². The number of halogens is 1. The molecule has 23 heavy (non-hydrogen) atoms. The SMILES string of the molecule is C=CCNC(=O)NC1CCN(S(=O)(=O)c2ccc(Cl)cc2)CC1. The van der Waals surface area contributed by atoms with Crippen molar-refractivity contribution in [2.75, 3.05) is 19.6 Å². The van der Waals surface area contributed by atoms with Crippen LogP contribution < -0.4 is 10.6 Å². The Morgan fingerprint density at radius 2 is 1.91 bits per heavy atom. The highest BCUT2D eigenvalue weighted by molar-refractivity contribution is 7.89. The van der Waals surface area contributed by atoms with Crippen LogP contribution in [0.3, 0.4) is 0 Å². The molecule has 126 valence electrons. The van der Waals surface area contributed by atoms with E-state index in [0.717, 1.165) is 0 Å². The fraction of sp³-hybridized carbons (Fsp3) is 0.400. The summed E-state index contributed by atoms with van der Waals surface area (Å²) >= 11 is 5.79. The molecule has 0 unspecified atom stereocenters. The first-order chi connectivity index (χ1) is 10.9. The predicted molar refractivity (Wildman–Crippen MR) is 90.0 cm³/mol. The Morgan fingerprint density at radius 1 is 1.30 bits per heavy atom. The minimum Gasteiger partial charge on any atom is -0.335 e. The van der Waals surface area contributed by atoms with Gasteiger partial charge in [-0.05, 0) is 37.1 Å². The van der Waals surface area contributed by atoms with Gasteiger partial charge in [-0.1, -0.05) is 17.7 Å². The highest BCUT2D eigenvalue weighted by Gasteiger charge is 2.29. The third-order valence-corrected chi connectivity index (χ3v) is 5.81. The molecule has 1 saturated heterocycles. The number of nitrogens with one attached hydrogen (secondary N) is 2. The van der Waals surface area contributed by atoms with Crippen LogP contribution in [-0.2, 0) is 10.0 Å². The van der Waals surface area contributed by atoms with E-state index in [2.05, 4.69) is 17.2 Å². The van der Waals surface area contributed by atoms with Crippen molar-refractivity contribution in [3.8, 4) is 0 Å². The second kappa shape index (κ2) is 7.81. The topological polar surface area (TPSA) is 78.5 Å². The fourth-order valence-electron chi connectivity index (χ4n) is 2.40. The molecule has 2 rings (SSSR count). The van der Waals surface area contributed by atoms with Crippen LogP contribution in [-0.4, -0.2) is 44.4 Å². The molecule has 1 heterocycles. The van der Waals surface area contributed by atoms with Crippen LogP contribution in [0.25, 0.3) is 0 Å². The lowest BCUT2D eigenvalue weighted by molar-refractivity contribution is 0.228. The van der Waals surface area contributed by atoms with E-state index in [4.69, 9.17) is 11.6 Å². The molecule has 1 aliphatic rings. The van der Waals surface area contributed by atoms with Gasteiger partial charge in [0.2, 0.25) is 10.0 Å². The van der Waals surface area contributed by atoms with Crippen LogP contribution in [0.2, 0.25) is 5.02 Å². The fourth-order valence-corrected chi connectivity index (χ4v) is 3.99. The number of piperidine rings is 1. The highest BCUT2D eigenvalue weighted by atomic mass is 35.5. The molecule has 6 nitrogen and oxygen atoms in total. The Kier molecular flexibility index (Phi) is 6.04. The second-order valence-electron chi connectivity index (χ2n) is 5.28. The standard InChI is InChI=1S/C15H20ClN3O3S/c1-2-9-17-15(20)18-13-7-10-19(11-8-13)23(21,22)14-5-3-12(16)4-6-14/h2-6,13H,1,7-11H2,(H2,17,18,20). The second-order valence-corrected chi connectivity index (χ2v) is 7.65. The number of sulfonamides is 1. The molecule has 0 saturated carbocycles. The summed E-state index contributed by atoms with van der Waals surface area (Å²) in [5.74, 6) is 0. The Bertz CT molecular complexity index is 653. The van der Waals surface area contributed by atoms with Crippen molar-refractivity contribution < 1.29 is 13.2 Å². The van der Waals surface area contributed by atoms with Gasteiger partial charge in [0.05, 0.1) is 4.90 Å². The van der Waals surface area contributed by atoms with Crippen molar-refractivity contribution in [1.82, 2.24) is 14.9 Å². The number of urea groups is 1. The Morgan fingerprint density at radius 3 is 2.48 bits per heavy atom. The third-order valence-electron chi connectivity index (χ3n) is 3.65. The number of carbonyl (C=O) groups is 1. The third kappa shape index (κ3) is 4.70. The Hall–Kier alpha value is -1.57. The molecule has 2 N–H and O–H groups in total. The molecule has 0 bridgehead atoms. The van der Waals surface area contributed by atoms with Crippen LogP contribution in [0, 0.1) is 0 Å². The first kappa shape index (κ1) is 17.8. The van der Waals surface area contributed by atoms with Gasteiger partial charge in [-0.3, -0.25) is 0 Å². The van der Waals surface area contributed by atoms with E-state index in [1.807, 2.05) is 0 Å². The zero-order valence-electron chi connectivity index (χ0n) is 12.7. The highest BCUT2D eigenvalue weighted by Crippen LogP contribution is 2.22. The average molecular weight is 358 g/mol. The molecular formula is C15H20ClN3O3S. The molecule has 1 fully saturated rings. The van der Waals surface area contributed by atoms with Gasteiger partial charge in [0.1, 0.15) is 0 Å². The van der Waals surface area contributed by atoms with Crippen molar-refractivity contribution in [2.45, 2.75) is 23.8 Å². The van der Waals surface area contributed by atoms with Crippen LogP contribution in [0.4, 0.5) is 4.79 Å². The molecule has 0 atom stereocenters. The maximum atomic E-state index is 12.5. The number of nitrogens with zero attached hydrogens (tertiary/aromatic N) is 1. The van der Waals surface area contributed by atoms with Gasteiger partial charge in [-0.15, -0.1) is 6.58 Å². The average Bonchev–Trinajstić information content (AvgIpc) is 2.54. The minimum atomic E-state index is -3.51. The maximum Gasteiger partial charge on any atom is 0.315 e. The van der Waals surface area contributed by atoms with Crippen LogP contribution >= 0.6 is 11.6 Å². The molecule has 0 aliphatic carbocycles. The summed E-state index contributed by atoms with van der Waals surface area (Å²) in [6.07, 6.45) is 2.75. The van der Waals surface area contributed by atoms with Gasteiger partial charge in [0.25, 0.3) is 0 Å². The maximum absolute atomic E-state index is 12.5. The van der Waals surface area contributed by atoms with Gasteiger partial charge in [-0.2, -0.15) is 4.31 Å². The predicted octanol–water partition coefficient (Wildman–Crippen LogP) is 1.98. The number of rotatable bonds is 5. The van der Waals surface area contributed by atoms with Crippen molar-refractivity contribution in [1.29, 1.82) is 0 Å². The smallest absolute Gasteiger partial charge is 0.315 e. The lowest BCUT2D eigenvalue weighted by atomic mass is 10.1. The summed E-state index contributed by atoms with van der Waals surface area (Å²) in [7, 11) is -3.51. The molecule has 2 amide bonds. The van der Waals surface area contributed by atoms with Crippen molar-refractivity contribution in [3.05, 3.63) is 41.9 Å². The molecule has 1 aromatic carbocycles. The lowest BCUT2D eigenvalue weighted by Crippen LogP contribution is -2.49. The van der Waals surface area contributed by atoms with Gasteiger partial charge in [-0.25, -0.2) is 13.2 Å². The van der Waals surface area contributed by atoms with E-state index in [9.17, 15) is 13.2 Å². The van der Waals surface area contributed by atoms with Crippen molar-refractivity contribution in [3.63, 3.8) is 0 Å². The quantitative estimate of drug-likeness (QED) is 0.791. The number of carbonyl (C=O) groups excluding carboxylic acids is 1. The number of benzene rings is 1. The van der Waals surface area contributed by atoms with Crippen LogP contribution in [0.15, 0.2) is 41.8 Å². The summed E-state index contributed by atoms with van der Waals surface area (Å²) in [4.78, 5) is 11.8. The summed E-state index contributed by atoms with van der Waals surface area (Å²) in [5.41, 5.74) is 0. The Balaban J connectivity index is 1.92. The van der Waals surface area contributed by atoms with Crippen molar-refractivity contribution in [2.24, 2.45) is 0 Å². The van der Waals surface area contributed by atoms with E-state index in [0.29, 0.717) is 37.5 Å². The molecule has 1 aliphatic heterocycles. The number of hydrogen-bond acceptors (Lipinski definition) is 3. The van der Waals surface area contributed by atoms with Crippen LogP contribution in [0.5, 0.6) is 0 Å². The zero-order valence-corrected chi connectivity index (χ0v) is 14.2. The lowest BCUT2D eigenvalue weighted by Gasteiger charge is -2.31. The number of hydrogen-bond donors (Lipinski definition) is 2. The number of amides is 2. The first-order valence-corrected chi connectivity index (χ1v) is 9.16. The van der Waals surface area contributed by atoms with E-state index in [1.54, 1.807) is 18.2 Å². The zero-order chi connectivity index (χ0) is 16.9. The first-order valence-electron chi connectivity index (χ1n) is 7.34. The minimum absolute atomic E-state index is 0.0310. The van der Waals surface area contributed by atoms with Gasteiger partial charge in [0.15, 0.2) is 0 Å². The van der Waals surface area contributed by atoms with Crippen molar-refractivity contribution >= 4 is 27.7 Å². The molecule has 8 heteroatoms. The van der Waals surface area contributed by atoms with E-state index >= 15 is 0 Å². The van der Waals surface area contributed by atoms with Crippen LogP contribution in [0.1, 0.15) is 12.8 Å². The van der Waals surface area contributed by atoms with Gasteiger partial charge >= 0.3 is 6.03 Å². The monoisotopic (exact) mass is 357 g/mol. The molecular weight excluding hydrogens is 338 g/mol. The summed E-state index contributed by atoms with van der Waals surface area (Å²) < 4.78 is 26.5. The molecule has 1 aromatic rings. The normalized spacial score (nSPS) is 16.7. The van der Waals surface area contributed by atoms with E-state index < -0.39 is 10.0 Å². The Labute approximate surface area is 141 Å². The molecule has 0 spiro atoms. The van der Waals surface area contributed by atoms with E-state index in [1.165, 1.54) is 16.4 Å². The summed E-state index contributed by atoms with van der Waals surface area (Å²) in [5, 5.41) is 5.97.